The first-order chi connectivity index (χ1) is 9.33. The van der Waals surface area contributed by atoms with Gasteiger partial charge in [0.2, 0.25) is 0 Å². The lowest BCUT2D eigenvalue weighted by Gasteiger charge is -2.08. The van der Waals surface area contributed by atoms with Crippen LogP contribution in [0, 0.1) is 6.92 Å². The molecule has 0 fully saturated rings. The van der Waals surface area contributed by atoms with Crippen LogP contribution in [0.3, 0.4) is 0 Å². The Balaban J connectivity index is 1.85. The normalized spacial score (nSPS) is 10.6. The standard InChI is InChI=1S/C13H13N5O/c1-9-16-13(18-17-9)11-4-2-3-5-12(11)15-7-10-6-14-8-19-10/h2-6,8,15H,7H2,1H3,(H,16,17,18). The number of aromatic amines is 1. The van der Waals surface area contributed by atoms with Gasteiger partial charge in [-0.1, -0.05) is 12.1 Å². The van der Waals surface area contributed by atoms with Crippen LogP contribution < -0.4 is 5.32 Å². The number of oxazole rings is 1. The van der Waals surface area contributed by atoms with Crippen molar-refractivity contribution < 1.29 is 4.42 Å². The molecule has 0 radical (unpaired) electrons. The number of aryl methyl sites for hydroxylation is 1. The van der Waals surface area contributed by atoms with Crippen molar-refractivity contribution in [2.75, 3.05) is 5.32 Å². The summed E-state index contributed by atoms with van der Waals surface area (Å²) in [7, 11) is 0. The number of rotatable bonds is 4. The van der Waals surface area contributed by atoms with Crippen molar-refractivity contribution in [3.63, 3.8) is 0 Å². The van der Waals surface area contributed by atoms with Crippen LogP contribution in [0.15, 0.2) is 41.3 Å². The van der Waals surface area contributed by atoms with Crippen molar-refractivity contribution in [1.82, 2.24) is 20.2 Å². The number of nitrogens with zero attached hydrogens (tertiary/aromatic N) is 3. The zero-order valence-corrected chi connectivity index (χ0v) is 10.4. The van der Waals surface area contributed by atoms with Gasteiger partial charge in [-0.25, -0.2) is 9.97 Å². The molecule has 2 heterocycles. The Morgan fingerprint density at radius 1 is 1.32 bits per heavy atom. The SMILES string of the molecule is Cc1nc(-c2ccccc2NCc2cnco2)n[nH]1. The summed E-state index contributed by atoms with van der Waals surface area (Å²) in [5, 5.41) is 10.3. The van der Waals surface area contributed by atoms with Crippen LogP contribution in [0.25, 0.3) is 11.4 Å². The maximum absolute atomic E-state index is 5.19. The van der Waals surface area contributed by atoms with E-state index in [0.717, 1.165) is 22.8 Å². The fourth-order valence-electron chi connectivity index (χ4n) is 1.81. The lowest BCUT2D eigenvalue weighted by Crippen LogP contribution is -2.00. The zero-order chi connectivity index (χ0) is 13.1. The fourth-order valence-corrected chi connectivity index (χ4v) is 1.81. The van der Waals surface area contributed by atoms with E-state index in [0.29, 0.717) is 12.4 Å². The average Bonchev–Trinajstić information content (AvgIpc) is 3.08. The summed E-state index contributed by atoms with van der Waals surface area (Å²) in [5.74, 6) is 2.25. The van der Waals surface area contributed by atoms with Crippen molar-refractivity contribution in [3.05, 3.63) is 48.4 Å². The molecule has 0 aliphatic rings. The lowest BCUT2D eigenvalue weighted by molar-refractivity contribution is 0.512. The molecule has 6 heteroatoms. The Kier molecular flexibility index (Phi) is 2.97. The van der Waals surface area contributed by atoms with Crippen molar-refractivity contribution in [1.29, 1.82) is 0 Å². The summed E-state index contributed by atoms with van der Waals surface area (Å²) in [6.45, 7) is 2.45. The molecule has 2 N–H and O–H groups in total. The van der Waals surface area contributed by atoms with Gasteiger partial charge >= 0.3 is 0 Å². The van der Waals surface area contributed by atoms with E-state index in [2.05, 4.69) is 25.5 Å². The monoisotopic (exact) mass is 255 g/mol. The molecule has 19 heavy (non-hydrogen) atoms. The quantitative estimate of drug-likeness (QED) is 0.748. The molecule has 3 aromatic rings. The summed E-state index contributed by atoms with van der Waals surface area (Å²) >= 11 is 0. The molecule has 0 bridgehead atoms. The minimum absolute atomic E-state index is 0.570. The number of nitrogens with one attached hydrogen (secondary N) is 2. The summed E-state index contributed by atoms with van der Waals surface area (Å²) < 4.78 is 5.19. The molecule has 0 aliphatic carbocycles. The third-order valence-corrected chi connectivity index (χ3v) is 2.70. The molecule has 0 amide bonds. The number of H-pyrrole nitrogens is 1. The van der Waals surface area contributed by atoms with E-state index < -0.39 is 0 Å². The summed E-state index contributed by atoms with van der Waals surface area (Å²) in [4.78, 5) is 8.23. The second kappa shape index (κ2) is 4.93. The van der Waals surface area contributed by atoms with Crippen molar-refractivity contribution in [3.8, 4) is 11.4 Å². The molecule has 96 valence electrons. The van der Waals surface area contributed by atoms with Gasteiger partial charge in [0.05, 0.1) is 12.7 Å². The summed E-state index contributed by atoms with van der Waals surface area (Å²) in [6.07, 6.45) is 3.11. The minimum Gasteiger partial charge on any atom is -0.447 e. The van der Waals surface area contributed by atoms with Gasteiger partial charge in [0, 0.05) is 11.3 Å². The number of benzene rings is 1. The molecule has 0 unspecified atom stereocenters. The number of para-hydroxylation sites is 1. The van der Waals surface area contributed by atoms with Crippen molar-refractivity contribution >= 4 is 5.69 Å². The van der Waals surface area contributed by atoms with Gasteiger partial charge in [-0.05, 0) is 19.1 Å². The number of aromatic nitrogens is 4. The number of hydrogen-bond acceptors (Lipinski definition) is 5. The highest BCUT2D eigenvalue weighted by Gasteiger charge is 2.09. The molecular weight excluding hydrogens is 242 g/mol. The third-order valence-electron chi connectivity index (χ3n) is 2.70. The number of hydrogen-bond donors (Lipinski definition) is 2. The maximum Gasteiger partial charge on any atom is 0.183 e. The molecule has 0 saturated heterocycles. The average molecular weight is 255 g/mol. The van der Waals surface area contributed by atoms with Crippen LogP contribution in [0.1, 0.15) is 11.6 Å². The van der Waals surface area contributed by atoms with Crippen LogP contribution >= 0.6 is 0 Å². The zero-order valence-electron chi connectivity index (χ0n) is 10.4. The first-order valence-corrected chi connectivity index (χ1v) is 5.92. The molecule has 0 atom stereocenters. The molecule has 1 aromatic carbocycles. The Morgan fingerprint density at radius 2 is 2.21 bits per heavy atom. The highest BCUT2D eigenvalue weighted by Crippen LogP contribution is 2.25. The minimum atomic E-state index is 0.570. The van der Waals surface area contributed by atoms with E-state index >= 15 is 0 Å². The smallest absolute Gasteiger partial charge is 0.183 e. The van der Waals surface area contributed by atoms with Crippen LogP contribution in [0.2, 0.25) is 0 Å². The van der Waals surface area contributed by atoms with E-state index in [1.807, 2.05) is 31.2 Å². The van der Waals surface area contributed by atoms with Crippen molar-refractivity contribution in [2.24, 2.45) is 0 Å². The van der Waals surface area contributed by atoms with Gasteiger partial charge < -0.3 is 9.73 Å². The summed E-state index contributed by atoms with van der Waals surface area (Å²) in [6, 6.07) is 7.88. The third kappa shape index (κ3) is 2.47. The lowest BCUT2D eigenvalue weighted by atomic mass is 10.1. The van der Waals surface area contributed by atoms with Gasteiger partial charge in [-0.2, -0.15) is 5.10 Å². The second-order valence-corrected chi connectivity index (χ2v) is 4.11. The molecule has 0 spiro atoms. The van der Waals surface area contributed by atoms with Gasteiger partial charge in [-0.15, -0.1) is 0 Å². The van der Waals surface area contributed by atoms with Gasteiger partial charge in [0.1, 0.15) is 11.6 Å². The highest BCUT2D eigenvalue weighted by atomic mass is 16.3. The Bertz CT molecular complexity index is 659. The van der Waals surface area contributed by atoms with Gasteiger partial charge in [-0.3, -0.25) is 5.10 Å². The predicted molar refractivity (Wildman–Crippen MR) is 70.4 cm³/mol. The molecule has 0 saturated carbocycles. The van der Waals surface area contributed by atoms with Crippen molar-refractivity contribution in [2.45, 2.75) is 13.5 Å². The van der Waals surface area contributed by atoms with Crippen LogP contribution in [0.5, 0.6) is 0 Å². The Morgan fingerprint density at radius 3 is 2.95 bits per heavy atom. The van der Waals surface area contributed by atoms with Crippen LogP contribution in [-0.2, 0) is 6.54 Å². The van der Waals surface area contributed by atoms with Crippen LogP contribution in [-0.4, -0.2) is 20.2 Å². The van der Waals surface area contributed by atoms with E-state index in [1.54, 1.807) is 6.20 Å². The van der Waals surface area contributed by atoms with E-state index in [-0.39, 0.29) is 0 Å². The predicted octanol–water partition coefficient (Wildman–Crippen LogP) is 2.38. The van der Waals surface area contributed by atoms with E-state index in [9.17, 15) is 0 Å². The Labute approximate surface area is 109 Å². The summed E-state index contributed by atoms with van der Waals surface area (Å²) in [5.41, 5.74) is 1.91. The Hall–Kier alpha value is -2.63. The number of anilines is 1. The molecular formula is C13H13N5O. The van der Waals surface area contributed by atoms with Gasteiger partial charge in [0.15, 0.2) is 12.2 Å². The van der Waals surface area contributed by atoms with E-state index in [4.69, 9.17) is 4.42 Å². The van der Waals surface area contributed by atoms with E-state index in [1.165, 1.54) is 6.39 Å². The maximum atomic E-state index is 5.19. The fraction of sp³-hybridized carbons (Fsp3) is 0.154. The highest BCUT2D eigenvalue weighted by molar-refractivity contribution is 5.73. The molecule has 6 nitrogen and oxygen atoms in total. The first-order valence-electron chi connectivity index (χ1n) is 5.92. The van der Waals surface area contributed by atoms with Crippen LogP contribution in [0.4, 0.5) is 5.69 Å². The molecule has 2 aromatic heterocycles. The van der Waals surface area contributed by atoms with Gasteiger partial charge in [0.25, 0.3) is 0 Å². The largest absolute Gasteiger partial charge is 0.447 e. The molecule has 3 rings (SSSR count). The topological polar surface area (TPSA) is 79.6 Å². The molecule has 0 aliphatic heterocycles. The first kappa shape index (κ1) is 11.5. The second-order valence-electron chi connectivity index (χ2n) is 4.11.